The first-order chi connectivity index (χ1) is 6.38. The molecular weight excluding hydrogens is 180 g/mol. The Bertz CT molecular complexity index is 203. The first-order valence-electron chi connectivity index (χ1n) is 5.14. The minimum Gasteiger partial charge on any atom is -0.465 e. The molecule has 82 valence electrons. The van der Waals surface area contributed by atoms with Crippen LogP contribution >= 0.6 is 0 Å². The smallest absolute Gasteiger partial charge is 0.407 e. The molecule has 0 aromatic heterocycles. The average molecular weight is 200 g/mol. The number of nitrogens with zero attached hydrogens (tertiary/aromatic N) is 1. The summed E-state index contributed by atoms with van der Waals surface area (Å²) >= 11 is 0. The monoisotopic (exact) mass is 200 g/mol. The molecule has 1 aliphatic rings. The lowest BCUT2D eigenvalue weighted by molar-refractivity contribution is 0.125. The number of amides is 1. The van der Waals surface area contributed by atoms with E-state index < -0.39 is 6.09 Å². The second kappa shape index (κ2) is 4.17. The van der Waals surface area contributed by atoms with Crippen LogP contribution in [0.25, 0.3) is 0 Å². The molecule has 0 bridgehead atoms. The third-order valence-corrected chi connectivity index (χ3v) is 2.40. The van der Waals surface area contributed by atoms with Crippen molar-refractivity contribution in [1.82, 2.24) is 10.2 Å². The van der Waals surface area contributed by atoms with E-state index in [1.165, 1.54) is 4.90 Å². The van der Waals surface area contributed by atoms with E-state index in [2.05, 4.69) is 26.1 Å². The predicted molar refractivity (Wildman–Crippen MR) is 55.5 cm³/mol. The Morgan fingerprint density at radius 3 is 2.21 bits per heavy atom. The van der Waals surface area contributed by atoms with Crippen LogP contribution in [0.4, 0.5) is 4.79 Å². The lowest BCUT2D eigenvalue weighted by Gasteiger charge is -2.35. The normalized spacial score (nSPS) is 19.8. The van der Waals surface area contributed by atoms with E-state index in [1.54, 1.807) is 0 Å². The van der Waals surface area contributed by atoms with Gasteiger partial charge in [-0.2, -0.15) is 0 Å². The molecule has 0 radical (unpaired) electrons. The number of likely N-dealkylation sites (tertiary alicyclic amines) is 1. The summed E-state index contributed by atoms with van der Waals surface area (Å²) in [6.45, 7) is 7.72. The first-order valence-corrected chi connectivity index (χ1v) is 5.14. The van der Waals surface area contributed by atoms with Gasteiger partial charge in [-0.3, -0.25) is 0 Å². The predicted octanol–water partition coefficient (Wildman–Crippen LogP) is 1.52. The Labute approximate surface area is 85.3 Å². The molecule has 1 amide bonds. The zero-order valence-corrected chi connectivity index (χ0v) is 9.21. The largest absolute Gasteiger partial charge is 0.465 e. The van der Waals surface area contributed by atoms with Crippen molar-refractivity contribution in [3.8, 4) is 0 Å². The minimum atomic E-state index is -0.792. The summed E-state index contributed by atoms with van der Waals surface area (Å²) in [4.78, 5) is 12.1. The van der Waals surface area contributed by atoms with Crippen LogP contribution in [-0.4, -0.2) is 40.8 Å². The highest BCUT2D eigenvalue weighted by Gasteiger charge is 2.24. The molecule has 1 heterocycles. The van der Waals surface area contributed by atoms with Gasteiger partial charge < -0.3 is 15.3 Å². The summed E-state index contributed by atoms with van der Waals surface area (Å²) in [7, 11) is 0. The maximum atomic E-state index is 10.7. The van der Waals surface area contributed by atoms with Gasteiger partial charge in [0.05, 0.1) is 0 Å². The van der Waals surface area contributed by atoms with Gasteiger partial charge in [0.25, 0.3) is 0 Å². The highest BCUT2D eigenvalue weighted by atomic mass is 16.4. The van der Waals surface area contributed by atoms with Gasteiger partial charge >= 0.3 is 6.09 Å². The molecule has 14 heavy (non-hydrogen) atoms. The fourth-order valence-electron chi connectivity index (χ4n) is 1.83. The molecule has 1 rings (SSSR count). The summed E-state index contributed by atoms with van der Waals surface area (Å²) < 4.78 is 0. The lowest BCUT2D eigenvalue weighted by Crippen LogP contribution is -2.50. The van der Waals surface area contributed by atoms with Crippen LogP contribution < -0.4 is 5.32 Å². The molecule has 0 aliphatic carbocycles. The molecule has 0 atom stereocenters. The fraction of sp³-hybridized carbons (Fsp3) is 0.900. The molecule has 1 fully saturated rings. The average Bonchev–Trinajstić information content (AvgIpc) is 2.02. The van der Waals surface area contributed by atoms with Gasteiger partial charge in [-0.15, -0.1) is 0 Å². The second-order valence-electron chi connectivity index (χ2n) is 4.94. The van der Waals surface area contributed by atoms with Gasteiger partial charge in [-0.1, -0.05) is 0 Å². The van der Waals surface area contributed by atoms with Gasteiger partial charge in [0.15, 0.2) is 0 Å². The zero-order chi connectivity index (χ0) is 10.8. The summed E-state index contributed by atoms with van der Waals surface area (Å²) in [5, 5.41) is 12.3. The Morgan fingerprint density at radius 1 is 1.36 bits per heavy atom. The number of nitrogens with one attached hydrogen (secondary N) is 1. The Kier molecular flexibility index (Phi) is 3.37. The van der Waals surface area contributed by atoms with Crippen molar-refractivity contribution in [3.63, 3.8) is 0 Å². The second-order valence-corrected chi connectivity index (χ2v) is 4.94. The highest BCUT2D eigenvalue weighted by Crippen LogP contribution is 2.13. The number of rotatable bonds is 1. The van der Waals surface area contributed by atoms with E-state index in [-0.39, 0.29) is 5.54 Å². The summed E-state index contributed by atoms with van der Waals surface area (Å²) in [5.41, 5.74) is 0.121. The third kappa shape index (κ3) is 3.54. The van der Waals surface area contributed by atoms with Crippen molar-refractivity contribution >= 4 is 6.09 Å². The topological polar surface area (TPSA) is 52.6 Å². The molecular formula is C10H20N2O2. The molecule has 0 aromatic rings. The molecule has 4 nitrogen and oxygen atoms in total. The van der Waals surface area contributed by atoms with E-state index in [9.17, 15) is 4.79 Å². The summed E-state index contributed by atoms with van der Waals surface area (Å²) in [6, 6.07) is 0.464. The van der Waals surface area contributed by atoms with E-state index >= 15 is 0 Å². The molecule has 2 N–H and O–H groups in total. The van der Waals surface area contributed by atoms with Gasteiger partial charge in [-0.05, 0) is 33.6 Å². The van der Waals surface area contributed by atoms with Gasteiger partial charge in [-0.25, -0.2) is 4.79 Å². The maximum Gasteiger partial charge on any atom is 0.407 e. The number of hydrogen-bond acceptors (Lipinski definition) is 2. The van der Waals surface area contributed by atoms with Gasteiger partial charge in [0, 0.05) is 24.7 Å². The maximum absolute atomic E-state index is 10.7. The Balaban J connectivity index is 2.33. The van der Waals surface area contributed by atoms with Crippen LogP contribution in [0, 0.1) is 0 Å². The standard InChI is InChI=1S/C10H20N2O2/c1-10(2,3)11-8-4-6-12(7-5-8)9(13)14/h8,11H,4-7H2,1-3H3,(H,13,14). The van der Waals surface area contributed by atoms with Crippen molar-refractivity contribution < 1.29 is 9.90 Å². The molecule has 4 heteroatoms. The first kappa shape index (κ1) is 11.3. The van der Waals surface area contributed by atoms with Crippen molar-refractivity contribution in [2.24, 2.45) is 0 Å². The minimum absolute atomic E-state index is 0.121. The van der Waals surface area contributed by atoms with Crippen LogP contribution in [0.5, 0.6) is 0 Å². The molecule has 0 spiro atoms. The van der Waals surface area contributed by atoms with E-state index in [0.717, 1.165) is 12.8 Å². The summed E-state index contributed by atoms with van der Waals surface area (Å²) in [5.74, 6) is 0. The molecule has 1 saturated heterocycles. The van der Waals surface area contributed by atoms with Crippen molar-refractivity contribution in [2.45, 2.75) is 45.2 Å². The third-order valence-electron chi connectivity index (χ3n) is 2.40. The number of hydrogen-bond donors (Lipinski definition) is 2. The van der Waals surface area contributed by atoms with E-state index in [0.29, 0.717) is 19.1 Å². The van der Waals surface area contributed by atoms with Gasteiger partial charge in [0.1, 0.15) is 0 Å². The van der Waals surface area contributed by atoms with E-state index in [1.807, 2.05) is 0 Å². The molecule has 1 aliphatic heterocycles. The zero-order valence-electron chi connectivity index (χ0n) is 9.21. The van der Waals surface area contributed by atoms with Crippen molar-refractivity contribution in [1.29, 1.82) is 0 Å². The molecule has 0 aromatic carbocycles. The quantitative estimate of drug-likeness (QED) is 0.674. The van der Waals surface area contributed by atoms with Crippen LogP contribution in [-0.2, 0) is 0 Å². The van der Waals surface area contributed by atoms with Crippen molar-refractivity contribution in [2.75, 3.05) is 13.1 Å². The SMILES string of the molecule is CC(C)(C)NC1CCN(C(=O)O)CC1. The number of piperidine rings is 1. The Hall–Kier alpha value is -0.770. The highest BCUT2D eigenvalue weighted by molar-refractivity contribution is 5.65. The molecule has 0 unspecified atom stereocenters. The van der Waals surface area contributed by atoms with Gasteiger partial charge in [0.2, 0.25) is 0 Å². The lowest BCUT2D eigenvalue weighted by atomic mass is 10.0. The van der Waals surface area contributed by atoms with Crippen LogP contribution in [0.1, 0.15) is 33.6 Å². The number of carbonyl (C=O) groups is 1. The summed E-state index contributed by atoms with van der Waals surface area (Å²) in [6.07, 6.45) is 1.05. The van der Waals surface area contributed by atoms with E-state index in [4.69, 9.17) is 5.11 Å². The number of carboxylic acid groups (broad SMARTS) is 1. The van der Waals surface area contributed by atoms with Crippen molar-refractivity contribution in [3.05, 3.63) is 0 Å². The fourth-order valence-corrected chi connectivity index (χ4v) is 1.83. The van der Waals surface area contributed by atoms with Crippen LogP contribution in [0.2, 0.25) is 0 Å². The van der Waals surface area contributed by atoms with Crippen LogP contribution in [0.15, 0.2) is 0 Å². The molecule has 0 saturated carbocycles. The Morgan fingerprint density at radius 2 is 1.86 bits per heavy atom. The van der Waals surface area contributed by atoms with Crippen LogP contribution in [0.3, 0.4) is 0 Å².